The van der Waals surface area contributed by atoms with Gasteiger partial charge in [0.1, 0.15) is 6.04 Å². The number of aryl methyl sites for hydroxylation is 1. The number of rotatable bonds is 3. The van der Waals surface area contributed by atoms with Crippen LogP contribution in [0.2, 0.25) is 0 Å². The first-order chi connectivity index (χ1) is 11.4. The molecule has 1 aliphatic rings. The van der Waals surface area contributed by atoms with Gasteiger partial charge in [-0.1, -0.05) is 18.2 Å². The molecule has 1 aromatic heterocycles. The molecule has 24 heavy (non-hydrogen) atoms. The van der Waals surface area contributed by atoms with Crippen molar-refractivity contribution in [1.82, 2.24) is 9.47 Å². The van der Waals surface area contributed by atoms with Gasteiger partial charge >= 0.3 is 5.97 Å². The van der Waals surface area contributed by atoms with Gasteiger partial charge in [0.2, 0.25) is 0 Å². The quantitative estimate of drug-likeness (QED) is 0.901. The molecule has 1 amide bonds. The molecule has 0 spiro atoms. The van der Waals surface area contributed by atoms with Crippen LogP contribution in [0, 0.1) is 0 Å². The molecule has 2 aromatic rings. The van der Waals surface area contributed by atoms with E-state index < -0.39 is 17.9 Å². The third-order valence-corrected chi connectivity index (χ3v) is 4.53. The fraction of sp³-hybridized carbons (Fsp3) is 0.353. The molecular weight excluding hydrogens is 312 g/mol. The van der Waals surface area contributed by atoms with E-state index in [0.29, 0.717) is 10.9 Å². The molecule has 1 aliphatic heterocycles. The summed E-state index contributed by atoms with van der Waals surface area (Å²) in [6, 6.07) is 7.38. The molecule has 1 saturated heterocycles. The van der Waals surface area contributed by atoms with E-state index in [1.165, 1.54) is 22.6 Å². The van der Waals surface area contributed by atoms with Gasteiger partial charge in [-0.05, 0) is 6.07 Å². The Hall–Kier alpha value is -2.67. The number of carboxylic acid groups (broad SMARTS) is 1. The molecule has 126 valence electrons. The van der Waals surface area contributed by atoms with Crippen LogP contribution in [-0.2, 0) is 16.6 Å². The predicted octanol–water partition coefficient (Wildman–Crippen LogP) is 0.853. The van der Waals surface area contributed by atoms with Crippen LogP contribution < -0.4 is 5.56 Å². The number of ether oxygens (including phenoxy) is 1. The third kappa shape index (κ3) is 2.56. The Morgan fingerprint density at radius 2 is 2.00 bits per heavy atom. The number of hydrogen-bond donors (Lipinski definition) is 1. The lowest BCUT2D eigenvalue weighted by molar-refractivity contribution is -0.141. The fourth-order valence-corrected chi connectivity index (χ4v) is 3.17. The summed E-state index contributed by atoms with van der Waals surface area (Å²) in [5.41, 5.74) is 0.533. The number of likely N-dealkylation sites (tertiary alicyclic amines) is 1. The lowest BCUT2D eigenvalue weighted by Crippen LogP contribution is -2.41. The minimum absolute atomic E-state index is 0.190. The predicted molar refractivity (Wildman–Crippen MR) is 87.1 cm³/mol. The minimum Gasteiger partial charge on any atom is -0.480 e. The summed E-state index contributed by atoms with van der Waals surface area (Å²) < 4.78 is 6.68. The summed E-state index contributed by atoms with van der Waals surface area (Å²) in [4.78, 5) is 37.9. The van der Waals surface area contributed by atoms with Gasteiger partial charge in [0, 0.05) is 38.6 Å². The summed E-state index contributed by atoms with van der Waals surface area (Å²) in [5.74, 6) is -1.54. The zero-order valence-corrected chi connectivity index (χ0v) is 13.4. The third-order valence-electron chi connectivity index (χ3n) is 4.53. The molecule has 0 saturated carbocycles. The van der Waals surface area contributed by atoms with Gasteiger partial charge in [0.05, 0.1) is 17.2 Å². The van der Waals surface area contributed by atoms with Gasteiger partial charge < -0.3 is 19.3 Å². The molecule has 0 aliphatic carbocycles. The van der Waals surface area contributed by atoms with Crippen LogP contribution in [-0.4, -0.2) is 52.3 Å². The monoisotopic (exact) mass is 330 g/mol. The van der Waals surface area contributed by atoms with Crippen LogP contribution in [0.25, 0.3) is 10.9 Å². The van der Waals surface area contributed by atoms with Crippen LogP contribution >= 0.6 is 0 Å². The number of carboxylic acids is 1. The average molecular weight is 330 g/mol. The van der Waals surface area contributed by atoms with Crippen LogP contribution in [0.15, 0.2) is 35.1 Å². The second-order valence-electron chi connectivity index (χ2n) is 5.88. The molecule has 7 heteroatoms. The molecule has 2 atom stereocenters. The first-order valence-electron chi connectivity index (χ1n) is 7.59. The van der Waals surface area contributed by atoms with E-state index in [4.69, 9.17) is 4.74 Å². The maximum absolute atomic E-state index is 13.0. The Bertz CT molecular complexity index is 873. The van der Waals surface area contributed by atoms with Crippen LogP contribution in [0.1, 0.15) is 16.8 Å². The van der Waals surface area contributed by atoms with Gasteiger partial charge in [-0.3, -0.25) is 9.59 Å². The second-order valence-corrected chi connectivity index (χ2v) is 5.88. The SMILES string of the molecule is COC1CC(C(=O)O)N(C(=O)c2cc(=O)n(C)c3ccccc23)C1. The van der Waals surface area contributed by atoms with E-state index in [-0.39, 0.29) is 30.2 Å². The van der Waals surface area contributed by atoms with Crippen molar-refractivity contribution in [3.8, 4) is 0 Å². The molecule has 1 fully saturated rings. The molecule has 7 nitrogen and oxygen atoms in total. The number of aliphatic carboxylic acids is 1. The van der Waals surface area contributed by atoms with Gasteiger partial charge in [0.25, 0.3) is 11.5 Å². The van der Waals surface area contributed by atoms with Crippen LogP contribution in [0.3, 0.4) is 0 Å². The summed E-state index contributed by atoms with van der Waals surface area (Å²) in [5, 5.41) is 10.0. The summed E-state index contributed by atoms with van der Waals surface area (Å²) in [6.07, 6.45) is -0.0896. The number of aromatic nitrogens is 1. The van der Waals surface area contributed by atoms with Crippen molar-refractivity contribution < 1.29 is 19.4 Å². The van der Waals surface area contributed by atoms with E-state index >= 15 is 0 Å². The molecule has 3 rings (SSSR count). The van der Waals surface area contributed by atoms with E-state index in [2.05, 4.69) is 0 Å². The molecule has 0 radical (unpaired) electrons. The Morgan fingerprint density at radius 1 is 1.29 bits per heavy atom. The Balaban J connectivity index is 2.10. The number of methoxy groups -OCH3 is 1. The number of benzene rings is 1. The number of fused-ring (bicyclic) bond motifs is 1. The molecule has 2 heterocycles. The van der Waals surface area contributed by atoms with Gasteiger partial charge in [-0.2, -0.15) is 0 Å². The maximum Gasteiger partial charge on any atom is 0.326 e. The smallest absolute Gasteiger partial charge is 0.326 e. The standard InChI is InChI=1S/C17H18N2O5/c1-18-13-6-4-3-5-11(13)12(8-15(18)20)16(21)19-9-10(24-2)7-14(19)17(22)23/h3-6,8,10,14H,7,9H2,1-2H3,(H,22,23). The number of hydrogen-bond acceptors (Lipinski definition) is 4. The number of nitrogens with zero attached hydrogens (tertiary/aromatic N) is 2. The van der Waals surface area contributed by atoms with Crippen molar-refractivity contribution in [3.05, 3.63) is 46.2 Å². The molecule has 2 unspecified atom stereocenters. The molecular formula is C17H18N2O5. The van der Waals surface area contributed by atoms with Crippen molar-refractivity contribution in [3.63, 3.8) is 0 Å². The Labute approximate surface area is 138 Å². The highest BCUT2D eigenvalue weighted by atomic mass is 16.5. The number of pyridine rings is 1. The van der Waals surface area contributed by atoms with Crippen molar-refractivity contribution in [2.45, 2.75) is 18.6 Å². The van der Waals surface area contributed by atoms with Crippen LogP contribution in [0.4, 0.5) is 0 Å². The highest BCUT2D eigenvalue weighted by Crippen LogP contribution is 2.25. The van der Waals surface area contributed by atoms with Crippen LogP contribution in [0.5, 0.6) is 0 Å². The van der Waals surface area contributed by atoms with E-state index in [0.717, 1.165) is 0 Å². The van der Waals surface area contributed by atoms with Gasteiger partial charge in [-0.25, -0.2) is 4.79 Å². The highest BCUT2D eigenvalue weighted by molar-refractivity contribution is 6.07. The maximum atomic E-state index is 13.0. The summed E-state index contributed by atoms with van der Waals surface area (Å²) in [7, 11) is 3.13. The zero-order valence-electron chi connectivity index (χ0n) is 13.4. The normalized spacial score (nSPS) is 20.5. The molecule has 1 aromatic carbocycles. The van der Waals surface area contributed by atoms with Gasteiger partial charge in [0.15, 0.2) is 0 Å². The number of para-hydroxylation sites is 1. The number of amides is 1. The topological polar surface area (TPSA) is 88.8 Å². The lowest BCUT2D eigenvalue weighted by atomic mass is 10.1. The Kier molecular flexibility index (Phi) is 4.11. The van der Waals surface area contributed by atoms with E-state index in [1.54, 1.807) is 31.3 Å². The highest BCUT2D eigenvalue weighted by Gasteiger charge is 2.40. The first-order valence-corrected chi connectivity index (χ1v) is 7.59. The van der Waals surface area contributed by atoms with E-state index in [1.807, 2.05) is 0 Å². The van der Waals surface area contributed by atoms with Crippen molar-refractivity contribution in [2.24, 2.45) is 7.05 Å². The number of carbonyl (C=O) groups is 2. The number of carbonyl (C=O) groups excluding carboxylic acids is 1. The molecule has 0 bridgehead atoms. The summed E-state index contributed by atoms with van der Waals surface area (Å²) in [6.45, 7) is 0.190. The van der Waals surface area contributed by atoms with Crippen molar-refractivity contribution >= 4 is 22.8 Å². The second kappa shape index (κ2) is 6.09. The average Bonchev–Trinajstić information content (AvgIpc) is 3.02. The van der Waals surface area contributed by atoms with E-state index in [9.17, 15) is 19.5 Å². The Morgan fingerprint density at radius 3 is 2.67 bits per heavy atom. The fourth-order valence-electron chi connectivity index (χ4n) is 3.17. The minimum atomic E-state index is -1.07. The lowest BCUT2D eigenvalue weighted by Gasteiger charge is -2.22. The van der Waals surface area contributed by atoms with Crippen molar-refractivity contribution in [2.75, 3.05) is 13.7 Å². The zero-order chi connectivity index (χ0) is 17.4. The van der Waals surface area contributed by atoms with Gasteiger partial charge in [-0.15, -0.1) is 0 Å². The summed E-state index contributed by atoms with van der Waals surface area (Å²) >= 11 is 0. The van der Waals surface area contributed by atoms with Crippen molar-refractivity contribution in [1.29, 1.82) is 0 Å². The largest absolute Gasteiger partial charge is 0.480 e. The molecule has 1 N–H and O–H groups in total. The first kappa shape index (κ1) is 16.2.